The zero-order valence-corrected chi connectivity index (χ0v) is 12.7. The van der Waals surface area contributed by atoms with Gasteiger partial charge in [0.2, 0.25) is 0 Å². The minimum Gasteiger partial charge on any atom is -0.345 e. The molecule has 1 amide bonds. The molecule has 3 N–H and O–H groups in total. The van der Waals surface area contributed by atoms with E-state index in [1.807, 2.05) is 0 Å². The number of halogens is 1. The molecule has 0 aromatic heterocycles. The third kappa shape index (κ3) is 3.71. The van der Waals surface area contributed by atoms with Crippen LogP contribution < -0.4 is 11.1 Å². The predicted octanol–water partition coefficient (Wildman–Crippen LogP) is 2.33. The van der Waals surface area contributed by atoms with Crippen molar-refractivity contribution in [3.05, 3.63) is 39.4 Å². The molecule has 0 bridgehead atoms. The van der Waals surface area contributed by atoms with Gasteiger partial charge in [-0.05, 0) is 31.9 Å². The summed E-state index contributed by atoms with van der Waals surface area (Å²) >= 11 is 0. The highest BCUT2D eigenvalue weighted by Gasteiger charge is 2.34. The van der Waals surface area contributed by atoms with Crippen molar-refractivity contribution in [2.45, 2.75) is 38.1 Å². The molecule has 2 rings (SSSR count). The van der Waals surface area contributed by atoms with Gasteiger partial charge >= 0.3 is 0 Å². The Labute approximate surface area is 129 Å². The van der Waals surface area contributed by atoms with Crippen LogP contribution in [0.3, 0.4) is 0 Å². The van der Waals surface area contributed by atoms with E-state index in [-0.39, 0.29) is 29.5 Å². The Kier molecular flexibility index (Phi) is 5.69. The standard InChI is InChI=1S/C14H19N3O3.ClH/c1-10-8-11(4-5-12(10)17(19)20)13(18)16-14(9-15)6-2-3-7-14;/h4-5,8H,2-3,6-7,9,15H2,1H3,(H,16,18);1H. The summed E-state index contributed by atoms with van der Waals surface area (Å²) < 4.78 is 0. The first-order valence-electron chi connectivity index (χ1n) is 6.75. The molecule has 1 aliphatic carbocycles. The summed E-state index contributed by atoms with van der Waals surface area (Å²) in [5.41, 5.74) is 6.42. The molecule has 1 saturated carbocycles. The molecule has 116 valence electrons. The summed E-state index contributed by atoms with van der Waals surface area (Å²) in [5, 5.41) is 13.8. The number of nitrogens with one attached hydrogen (secondary N) is 1. The van der Waals surface area contributed by atoms with E-state index in [2.05, 4.69) is 5.32 Å². The lowest BCUT2D eigenvalue weighted by atomic mass is 9.97. The Balaban J connectivity index is 0.00000220. The highest BCUT2D eigenvalue weighted by Crippen LogP contribution is 2.29. The van der Waals surface area contributed by atoms with Crippen molar-refractivity contribution in [2.75, 3.05) is 6.54 Å². The van der Waals surface area contributed by atoms with Crippen LogP contribution in [0.1, 0.15) is 41.6 Å². The van der Waals surface area contributed by atoms with E-state index >= 15 is 0 Å². The molecule has 0 saturated heterocycles. The van der Waals surface area contributed by atoms with Gasteiger partial charge in [-0.15, -0.1) is 12.4 Å². The van der Waals surface area contributed by atoms with Crippen LogP contribution in [0.5, 0.6) is 0 Å². The van der Waals surface area contributed by atoms with Crippen LogP contribution >= 0.6 is 12.4 Å². The van der Waals surface area contributed by atoms with Crippen molar-refractivity contribution in [3.8, 4) is 0 Å². The van der Waals surface area contributed by atoms with E-state index in [9.17, 15) is 14.9 Å². The van der Waals surface area contributed by atoms with E-state index in [0.717, 1.165) is 25.7 Å². The maximum absolute atomic E-state index is 12.3. The molecule has 1 fully saturated rings. The van der Waals surface area contributed by atoms with Crippen LogP contribution in [-0.4, -0.2) is 22.9 Å². The Bertz CT molecular complexity index is 542. The Morgan fingerprint density at radius 1 is 1.43 bits per heavy atom. The zero-order valence-electron chi connectivity index (χ0n) is 11.9. The van der Waals surface area contributed by atoms with Gasteiger partial charge in [-0.2, -0.15) is 0 Å². The molecule has 0 aliphatic heterocycles. The largest absolute Gasteiger partial charge is 0.345 e. The van der Waals surface area contributed by atoms with E-state index in [1.54, 1.807) is 13.0 Å². The fraction of sp³-hybridized carbons (Fsp3) is 0.500. The molecule has 1 aliphatic rings. The summed E-state index contributed by atoms with van der Waals surface area (Å²) in [4.78, 5) is 22.6. The molecule has 0 spiro atoms. The average molecular weight is 314 g/mol. The van der Waals surface area contributed by atoms with E-state index in [1.165, 1.54) is 12.1 Å². The number of hydrogen-bond acceptors (Lipinski definition) is 4. The van der Waals surface area contributed by atoms with Crippen molar-refractivity contribution in [1.29, 1.82) is 0 Å². The van der Waals surface area contributed by atoms with Crippen molar-refractivity contribution >= 4 is 24.0 Å². The third-order valence-electron chi connectivity index (χ3n) is 3.99. The first-order chi connectivity index (χ1) is 9.47. The predicted molar refractivity (Wildman–Crippen MR) is 82.8 cm³/mol. The van der Waals surface area contributed by atoms with Gasteiger partial charge in [0.1, 0.15) is 0 Å². The molecular weight excluding hydrogens is 294 g/mol. The smallest absolute Gasteiger partial charge is 0.272 e. The highest BCUT2D eigenvalue weighted by atomic mass is 35.5. The number of nitrogens with two attached hydrogens (primary N) is 1. The van der Waals surface area contributed by atoms with E-state index < -0.39 is 4.92 Å². The first kappa shape index (κ1) is 17.4. The molecule has 0 unspecified atom stereocenters. The number of nitrogens with zero attached hydrogens (tertiary/aromatic N) is 1. The monoisotopic (exact) mass is 313 g/mol. The second-order valence-electron chi connectivity index (χ2n) is 5.40. The molecule has 1 aromatic rings. The third-order valence-corrected chi connectivity index (χ3v) is 3.99. The van der Waals surface area contributed by atoms with E-state index in [4.69, 9.17) is 5.73 Å². The summed E-state index contributed by atoms with van der Waals surface area (Å²) in [5.74, 6) is -0.213. The van der Waals surface area contributed by atoms with Crippen LogP contribution in [0, 0.1) is 17.0 Å². The number of aryl methyl sites for hydroxylation is 1. The second-order valence-corrected chi connectivity index (χ2v) is 5.40. The fourth-order valence-electron chi connectivity index (χ4n) is 2.75. The van der Waals surface area contributed by atoms with Gasteiger partial charge in [-0.25, -0.2) is 0 Å². The fourth-order valence-corrected chi connectivity index (χ4v) is 2.75. The van der Waals surface area contributed by atoms with Crippen LogP contribution in [-0.2, 0) is 0 Å². The van der Waals surface area contributed by atoms with Crippen LogP contribution in [0.15, 0.2) is 18.2 Å². The maximum Gasteiger partial charge on any atom is 0.272 e. The van der Waals surface area contributed by atoms with Gasteiger partial charge in [-0.3, -0.25) is 14.9 Å². The summed E-state index contributed by atoms with van der Waals surface area (Å²) in [7, 11) is 0. The lowest BCUT2D eigenvalue weighted by Gasteiger charge is -2.28. The van der Waals surface area contributed by atoms with Gasteiger partial charge < -0.3 is 11.1 Å². The Morgan fingerprint density at radius 2 is 2.05 bits per heavy atom. The number of amides is 1. The number of rotatable bonds is 4. The molecule has 0 atom stereocenters. The summed E-state index contributed by atoms with van der Waals surface area (Å²) in [6, 6.07) is 4.40. The number of nitro benzene ring substituents is 1. The van der Waals surface area contributed by atoms with Gasteiger partial charge in [0.15, 0.2) is 0 Å². The Hall–Kier alpha value is -1.66. The van der Waals surface area contributed by atoms with Crippen LogP contribution in [0.25, 0.3) is 0 Å². The molecule has 21 heavy (non-hydrogen) atoms. The summed E-state index contributed by atoms with van der Waals surface area (Å²) in [6.07, 6.45) is 3.91. The normalized spacial score (nSPS) is 16.1. The average Bonchev–Trinajstić information content (AvgIpc) is 2.87. The minimum atomic E-state index is -0.449. The van der Waals surface area contributed by atoms with Gasteiger partial charge in [0, 0.05) is 23.7 Å². The molecule has 1 aromatic carbocycles. The van der Waals surface area contributed by atoms with E-state index in [0.29, 0.717) is 17.7 Å². The van der Waals surface area contributed by atoms with Crippen molar-refractivity contribution < 1.29 is 9.72 Å². The highest BCUT2D eigenvalue weighted by molar-refractivity contribution is 5.95. The number of carbonyl (C=O) groups is 1. The van der Waals surface area contributed by atoms with Crippen LogP contribution in [0.4, 0.5) is 5.69 Å². The Morgan fingerprint density at radius 3 is 2.52 bits per heavy atom. The molecule has 0 heterocycles. The SMILES string of the molecule is Cc1cc(C(=O)NC2(CN)CCCC2)ccc1[N+](=O)[O-].Cl. The molecular formula is C14H20ClN3O3. The van der Waals surface area contributed by atoms with Crippen molar-refractivity contribution in [1.82, 2.24) is 5.32 Å². The van der Waals surface area contributed by atoms with Crippen molar-refractivity contribution in [2.24, 2.45) is 5.73 Å². The van der Waals surface area contributed by atoms with Gasteiger partial charge in [-0.1, -0.05) is 12.8 Å². The number of carbonyl (C=O) groups excluding carboxylic acids is 1. The lowest BCUT2D eigenvalue weighted by molar-refractivity contribution is -0.385. The van der Waals surface area contributed by atoms with Gasteiger partial charge in [0.05, 0.1) is 10.5 Å². The van der Waals surface area contributed by atoms with Crippen LogP contribution in [0.2, 0.25) is 0 Å². The minimum absolute atomic E-state index is 0. The number of benzene rings is 1. The first-order valence-corrected chi connectivity index (χ1v) is 6.75. The molecule has 0 radical (unpaired) electrons. The second kappa shape index (κ2) is 6.87. The molecule has 7 heteroatoms. The maximum atomic E-state index is 12.3. The quantitative estimate of drug-likeness (QED) is 0.658. The topological polar surface area (TPSA) is 98.3 Å². The zero-order chi connectivity index (χ0) is 14.8. The number of nitro groups is 1. The lowest BCUT2D eigenvalue weighted by Crippen LogP contribution is -2.51. The van der Waals surface area contributed by atoms with Gasteiger partial charge in [0.25, 0.3) is 11.6 Å². The van der Waals surface area contributed by atoms with Crippen molar-refractivity contribution in [3.63, 3.8) is 0 Å². The number of hydrogen-bond donors (Lipinski definition) is 2. The molecule has 6 nitrogen and oxygen atoms in total. The summed E-state index contributed by atoms with van der Waals surface area (Å²) in [6.45, 7) is 2.05.